The van der Waals surface area contributed by atoms with Gasteiger partial charge in [0.2, 0.25) is 11.7 Å². The van der Waals surface area contributed by atoms with Crippen LogP contribution in [0.25, 0.3) is 11.4 Å². The van der Waals surface area contributed by atoms with Crippen LogP contribution in [0.1, 0.15) is 28.5 Å². The number of carbonyl (C=O) groups is 1. The quantitative estimate of drug-likeness (QED) is 0.785. The number of rotatable bonds is 4. The van der Waals surface area contributed by atoms with Gasteiger partial charge < -0.3 is 9.84 Å². The number of hydrogen-bond donors (Lipinski definition) is 1. The minimum atomic E-state index is -0.390. The molecule has 1 amide bonds. The summed E-state index contributed by atoms with van der Waals surface area (Å²) in [5.41, 5.74) is 0.691. The molecule has 112 valence electrons. The summed E-state index contributed by atoms with van der Waals surface area (Å²) in [6.07, 6.45) is 0. The Morgan fingerprint density at radius 2 is 2.14 bits per heavy atom. The summed E-state index contributed by atoms with van der Waals surface area (Å²) in [4.78, 5) is 16.9. The maximum atomic E-state index is 12.0. The van der Waals surface area contributed by atoms with Crippen molar-refractivity contribution in [3.63, 3.8) is 0 Å². The molecule has 0 saturated carbocycles. The van der Waals surface area contributed by atoms with E-state index in [1.54, 1.807) is 19.1 Å². The van der Waals surface area contributed by atoms with Gasteiger partial charge in [-0.3, -0.25) is 4.79 Å². The SMILES string of the molecule is C[C@H](NC(=O)c1cccs1)c1nc(-c2ccccc2Cl)no1. The fraction of sp³-hybridized carbons (Fsp3) is 0.133. The molecule has 2 heterocycles. The molecule has 0 spiro atoms. The average Bonchev–Trinajstić information content (AvgIpc) is 3.19. The zero-order valence-electron chi connectivity index (χ0n) is 11.6. The molecule has 0 aliphatic carbocycles. The summed E-state index contributed by atoms with van der Waals surface area (Å²) in [6.45, 7) is 1.79. The number of nitrogens with zero attached hydrogens (tertiary/aromatic N) is 2. The van der Waals surface area contributed by atoms with Crippen molar-refractivity contribution in [3.8, 4) is 11.4 Å². The van der Waals surface area contributed by atoms with Crippen LogP contribution in [-0.2, 0) is 0 Å². The molecule has 0 bridgehead atoms. The first-order valence-corrected chi connectivity index (χ1v) is 7.84. The summed E-state index contributed by atoms with van der Waals surface area (Å²) < 4.78 is 5.22. The van der Waals surface area contributed by atoms with E-state index < -0.39 is 6.04 Å². The Kier molecular flexibility index (Phi) is 4.22. The van der Waals surface area contributed by atoms with E-state index in [1.807, 2.05) is 29.6 Å². The smallest absolute Gasteiger partial charge is 0.261 e. The number of aromatic nitrogens is 2. The summed E-state index contributed by atoms with van der Waals surface area (Å²) >= 11 is 7.49. The van der Waals surface area contributed by atoms with E-state index in [-0.39, 0.29) is 5.91 Å². The molecular formula is C15H12ClN3O2S. The summed E-state index contributed by atoms with van der Waals surface area (Å²) in [5.74, 6) is 0.567. The second-order valence-electron chi connectivity index (χ2n) is 4.61. The molecule has 1 aromatic carbocycles. The van der Waals surface area contributed by atoms with E-state index in [1.165, 1.54) is 11.3 Å². The van der Waals surface area contributed by atoms with Gasteiger partial charge in [0.25, 0.3) is 5.91 Å². The summed E-state index contributed by atoms with van der Waals surface area (Å²) in [5, 5.41) is 9.13. The number of halogens is 1. The van der Waals surface area contributed by atoms with Gasteiger partial charge in [-0.25, -0.2) is 0 Å². The lowest BCUT2D eigenvalue weighted by molar-refractivity contribution is 0.0936. The Morgan fingerprint density at radius 3 is 2.86 bits per heavy atom. The number of hydrogen-bond acceptors (Lipinski definition) is 5. The molecule has 1 atom stereocenters. The van der Waals surface area contributed by atoms with Gasteiger partial charge in [-0.1, -0.05) is 35.0 Å². The predicted octanol–water partition coefficient (Wildman–Crippen LogP) is 3.94. The van der Waals surface area contributed by atoms with Crippen molar-refractivity contribution >= 4 is 28.8 Å². The first-order chi connectivity index (χ1) is 10.6. The van der Waals surface area contributed by atoms with Crippen molar-refractivity contribution in [1.29, 1.82) is 0 Å². The van der Waals surface area contributed by atoms with Crippen LogP contribution < -0.4 is 5.32 Å². The monoisotopic (exact) mass is 333 g/mol. The molecule has 5 nitrogen and oxygen atoms in total. The molecule has 0 aliphatic rings. The predicted molar refractivity (Wildman–Crippen MR) is 84.9 cm³/mol. The van der Waals surface area contributed by atoms with Crippen LogP contribution in [0, 0.1) is 0 Å². The largest absolute Gasteiger partial charge is 0.340 e. The Morgan fingerprint density at radius 1 is 1.32 bits per heavy atom. The normalized spacial score (nSPS) is 12.1. The van der Waals surface area contributed by atoms with Gasteiger partial charge in [-0.15, -0.1) is 11.3 Å². The molecular weight excluding hydrogens is 322 g/mol. The van der Waals surface area contributed by atoms with Crippen molar-refractivity contribution in [2.45, 2.75) is 13.0 Å². The van der Waals surface area contributed by atoms with Crippen molar-refractivity contribution < 1.29 is 9.32 Å². The van der Waals surface area contributed by atoms with Gasteiger partial charge in [0.05, 0.1) is 9.90 Å². The van der Waals surface area contributed by atoms with E-state index >= 15 is 0 Å². The van der Waals surface area contributed by atoms with Gasteiger partial charge in [0, 0.05) is 5.56 Å². The number of thiophene rings is 1. The standard InChI is InChI=1S/C15H12ClN3O2S/c1-9(17-14(20)12-7-4-8-22-12)15-18-13(19-21-15)10-5-2-3-6-11(10)16/h2-9H,1H3,(H,17,20)/t9-/m0/s1. The summed E-state index contributed by atoms with van der Waals surface area (Å²) in [6, 6.07) is 10.4. The average molecular weight is 334 g/mol. The van der Waals surface area contributed by atoms with Crippen molar-refractivity contribution in [3.05, 3.63) is 57.6 Å². The Labute approximate surface area is 135 Å². The van der Waals surface area contributed by atoms with Gasteiger partial charge in [0.15, 0.2) is 0 Å². The zero-order valence-corrected chi connectivity index (χ0v) is 13.2. The van der Waals surface area contributed by atoms with Crippen LogP contribution in [0.5, 0.6) is 0 Å². The highest BCUT2D eigenvalue weighted by molar-refractivity contribution is 7.12. The van der Waals surface area contributed by atoms with E-state index in [4.69, 9.17) is 16.1 Å². The Hall–Kier alpha value is -2.18. The molecule has 3 aromatic rings. The number of carbonyl (C=O) groups excluding carboxylic acids is 1. The topological polar surface area (TPSA) is 68.0 Å². The summed E-state index contributed by atoms with van der Waals surface area (Å²) in [7, 11) is 0. The molecule has 0 radical (unpaired) electrons. The van der Waals surface area contributed by atoms with E-state index in [9.17, 15) is 4.79 Å². The first-order valence-electron chi connectivity index (χ1n) is 6.58. The third kappa shape index (κ3) is 3.03. The van der Waals surface area contributed by atoms with Gasteiger partial charge in [0.1, 0.15) is 6.04 Å². The molecule has 0 aliphatic heterocycles. The molecule has 1 N–H and O–H groups in total. The van der Waals surface area contributed by atoms with Crippen LogP contribution in [0.2, 0.25) is 5.02 Å². The third-order valence-electron chi connectivity index (χ3n) is 3.02. The van der Waals surface area contributed by atoms with Gasteiger partial charge in [-0.2, -0.15) is 4.98 Å². The van der Waals surface area contributed by atoms with Crippen LogP contribution in [-0.4, -0.2) is 16.0 Å². The van der Waals surface area contributed by atoms with Crippen LogP contribution in [0.4, 0.5) is 0 Å². The molecule has 2 aromatic heterocycles. The molecule has 0 fully saturated rings. The molecule has 3 rings (SSSR count). The second kappa shape index (κ2) is 6.29. The van der Waals surface area contributed by atoms with Gasteiger partial charge >= 0.3 is 0 Å². The lowest BCUT2D eigenvalue weighted by atomic mass is 10.2. The van der Waals surface area contributed by atoms with E-state index in [2.05, 4.69) is 15.5 Å². The number of benzene rings is 1. The van der Waals surface area contributed by atoms with Gasteiger partial charge in [-0.05, 0) is 30.5 Å². The number of amides is 1. The maximum absolute atomic E-state index is 12.0. The van der Waals surface area contributed by atoms with Crippen molar-refractivity contribution in [2.24, 2.45) is 0 Å². The highest BCUT2D eigenvalue weighted by Gasteiger charge is 2.19. The van der Waals surface area contributed by atoms with E-state index in [0.29, 0.717) is 27.2 Å². The second-order valence-corrected chi connectivity index (χ2v) is 5.96. The zero-order chi connectivity index (χ0) is 15.5. The van der Waals surface area contributed by atoms with Crippen molar-refractivity contribution in [1.82, 2.24) is 15.5 Å². The van der Waals surface area contributed by atoms with Crippen molar-refractivity contribution in [2.75, 3.05) is 0 Å². The van der Waals surface area contributed by atoms with Crippen LogP contribution in [0.3, 0.4) is 0 Å². The highest BCUT2D eigenvalue weighted by atomic mass is 35.5. The molecule has 0 saturated heterocycles. The highest BCUT2D eigenvalue weighted by Crippen LogP contribution is 2.26. The maximum Gasteiger partial charge on any atom is 0.261 e. The Balaban J connectivity index is 1.76. The number of nitrogens with one attached hydrogen (secondary N) is 1. The fourth-order valence-corrected chi connectivity index (χ4v) is 2.75. The minimum Gasteiger partial charge on any atom is -0.340 e. The molecule has 22 heavy (non-hydrogen) atoms. The Bertz CT molecular complexity index is 786. The molecule has 0 unspecified atom stereocenters. The lowest BCUT2D eigenvalue weighted by Crippen LogP contribution is -2.26. The first kappa shape index (κ1) is 14.7. The van der Waals surface area contributed by atoms with E-state index in [0.717, 1.165) is 0 Å². The minimum absolute atomic E-state index is 0.167. The lowest BCUT2D eigenvalue weighted by Gasteiger charge is -2.07. The fourth-order valence-electron chi connectivity index (χ4n) is 1.90. The molecule has 7 heteroatoms. The third-order valence-corrected chi connectivity index (χ3v) is 4.22. The van der Waals surface area contributed by atoms with Crippen LogP contribution in [0.15, 0.2) is 46.3 Å². The van der Waals surface area contributed by atoms with Crippen LogP contribution >= 0.6 is 22.9 Å².